The fourth-order valence-corrected chi connectivity index (χ4v) is 3.37. The number of hydrogen-bond donors (Lipinski definition) is 0. The zero-order chi connectivity index (χ0) is 15.4. The van der Waals surface area contributed by atoms with E-state index in [0.29, 0.717) is 19.6 Å². The number of carbonyl (C=O) groups excluding carboxylic acids is 1. The van der Waals surface area contributed by atoms with Crippen molar-refractivity contribution in [3.63, 3.8) is 0 Å². The minimum absolute atomic E-state index is 0.147. The molecule has 0 atom stereocenters. The molecule has 0 aliphatic carbocycles. The number of amides is 1. The van der Waals surface area contributed by atoms with Crippen LogP contribution in [0.5, 0.6) is 0 Å². The lowest BCUT2D eigenvalue weighted by Gasteiger charge is -2.29. The van der Waals surface area contributed by atoms with Gasteiger partial charge in [0.2, 0.25) is 5.91 Å². The molecule has 116 valence electrons. The van der Waals surface area contributed by atoms with Gasteiger partial charge in [-0.05, 0) is 11.4 Å². The predicted octanol–water partition coefficient (Wildman–Crippen LogP) is 1.98. The molecule has 0 saturated heterocycles. The Morgan fingerprint density at radius 1 is 1.50 bits per heavy atom. The molecule has 5 nitrogen and oxygen atoms in total. The molecular formula is C16H20N4OS. The first kappa shape index (κ1) is 15.0. The molecule has 2 aromatic heterocycles. The Kier molecular flexibility index (Phi) is 4.70. The van der Waals surface area contributed by atoms with E-state index in [-0.39, 0.29) is 5.91 Å². The zero-order valence-corrected chi connectivity index (χ0v) is 13.3. The summed E-state index contributed by atoms with van der Waals surface area (Å²) in [4.78, 5) is 22.2. The molecule has 1 aliphatic heterocycles. The summed E-state index contributed by atoms with van der Waals surface area (Å²) in [5, 5.41) is 2.04. The molecule has 0 aromatic carbocycles. The molecule has 3 rings (SSSR count). The molecule has 0 unspecified atom stereocenters. The van der Waals surface area contributed by atoms with E-state index in [1.165, 1.54) is 4.88 Å². The van der Waals surface area contributed by atoms with Gasteiger partial charge in [0.05, 0.1) is 19.6 Å². The van der Waals surface area contributed by atoms with Gasteiger partial charge in [-0.3, -0.25) is 9.69 Å². The van der Waals surface area contributed by atoms with Gasteiger partial charge in [0.25, 0.3) is 0 Å². The van der Waals surface area contributed by atoms with Gasteiger partial charge in [-0.15, -0.1) is 17.9 Å². The van der Waals surface area contributed by atoms with Gasteiger partial charge >= 0.3 is 0 Å². The van der Waals surface area contributed by atoms with E-state index in [1.807, 2.05) is 28.7 Å². The first-order valence-corrected chi connectivity index (χ1v) is 8.27. The van der Waals surface area contributed by atoms with Gasteiger partial charge in [-0.25, -0.2) is 4.98 Å². The monoisotopic (exact) mass is 316 g/mol. The highest BCUT2D eigenvalue weighted by atomic mass is 32.1. The molecular weight excluding hydrogens is 296 g/mol. The second kappa shape index (κ2) is 6.89. The summed E-state index contributed by atoms with van der Waals surface area (Å²) in [6, 6.07) is 4.08. The summed E-state index contributed by atoms with van der Waals surface area (Å²) in [6.07, 6.45) is 5.60. The molecule has 3 heterocycles. The maximum atomic E-state index is 12.6. The second-order valence-electron chi connectivity index (χ2n) is 5.39. The topological polar surface area (TPSA) is 41.4 Å². The molecule has 1 aliphatic rings. The van der Waals surface area contributed by atoms with Crippen molar-refractivity contribution in [2.45, 2.75) is 19.6 Å². The summed E-state index contributed by atoms with van der Waals surface area (Å²) in [5.41, 5.74) is 0. The molecule has 0 radical (unpaired) electrons. The first-order valence-electron chi connectivity index (χ1n) is 7.39. The Hall–Kier alpha value is -1.92. The minimum atomic E-state index is 0.147. The van der Waals surface area contributed by atoms with Crippen molar-refractivity contribution >= 4 is 17.2 Å². The molecule has 22 heavy (non-hydrogen) atoms. The molecule has 0 bridgehead atoms. The lowest BCUT2D eigenvalue weighted by atomic mass is 10.3. The standard InChI is InChI=1S/C16H20N4OS/c1-2-6-20(11-14-4-3-10-22-14)16(21)13-18-8-9-19-7-5-17-15(19)12-18/h2-5,7,10H,1,6,8-9,11-13H2. The smallest absolute Gasteiger partial charge is 0.237 e. The van der Waals surface area contributed by atoms with E-state index in [2.05, 4.69) is 27.1 Å². The van der Waals surface area contributed by atoms with E-state index in [0.717, 1.165) is 25.5 Å². The molecule has 2 aromatic rings. The molecule has 0 spiro atoms. The van der Waals surface area contributed by atoms with Crippen molar-refractivity contribution in [1.82, 2.24) is 19.4 Å². The number of fused-ring (bicyclic) bond motifs is 1. The number of thiophene rings is 1. The molecule has 0 saturated carbocycles. The maximum Gasteiger partial charge on any atom is 0.237 e. The van der Waals surface area contributed by atoms with Crippen LogP contribution in [-0.2, 0) is 24.4 Å². The van der Waals surface area contributed by atoms with Crippen LogP contribution in [0.1, 0.15) is 10.7 Å². The van der Waals surface area contributed by atoms with Crippen LogP contribution in [-0.4, -0.2) is 44.9 Å². The normalized spacial score (nSPS) is 14.5. The average molecular weight is 316 g/mol. The molecule has 1 amide bonds. The van der Waals surface area contributed by atoms with Crippen molar-refractivity contribution in [2.24, 2.45) is 0 Å². The van der Waals surface area contributed by atoms with Crippen molar-refractivity contribution in [3.05, 3.63) is 53.3 Å². The van der Waals surface area contributed by atoms with E-state index in [4.69, 9.17) is 0 Å². The molecule has 6 heteroatoms. The number of nitrogens with zero attached hydrogens (tertiary/aromatic N) is 4. The quantitative estimate of drug-likeness (QED) is 0.765. The number of carbonyl (C=O) groups is 1. The van der Waals surface area contributed by atoms with Crippen LogP contribution in [0.15, 0.2) is 42.6 Å². The summed E-state index contributed by atoms with van der Waals surface area (Å²) in [6.45, 7) is 7.96. The lowest BCUT2D eigenvalue weighted by Crippen LogP contribution is -2.43. The Morgan fingerprint density at radius 2 is 2.41 bits per heavy atom. The van der Waals surface area contributed by atoms with Crippen LogP contribution < -0.4 is 0 Å². The molecule has 0 fully saturated rings. The Bertz CT molecular complexity index is 634. The van der Waals surface area contributed by atoms with Crippen LogP contribution in [0.25, 0.3) is 0 Å². The minimum Gasteiger partial charge on any atom is -0.333 e. The Labute approximate surface area is 134 Å². The van der Waals surface area contributed by atoms with E-state index in [1.54, 1.807) is 17.4 Å². The van der Waals surface area contributed by atoms with E-state index >= 15 is 0 Å². The van der Waals surface area contributed by atoms with Crippen LogP contribution >= 0.6 is 11.3 Å². The Balaban J connectivity index is 1.60. The summed E-state index contributed by atoms with van der Waals surface area (Å²) in [5.74, 6) is 1.18. The van der Waals surface area contributed by atoms with Gasteiger partial charge in [-0.2, -0.15) is 0 Å². The highest BCUT2D eigenvalue weighted by molar-refractivity contribution is 7.09. The van der Waals surface area contributed by atoms with E-state index in [9.17, 15) is 4.79 Å². The van der Waals surface area contributed by atoms with Crippen molar-refractivity contribution < 1.29 is 4.79 Å². The SMILES string of the molecule is C=CCN(Cc1cccs1)C(=O)CN1CCn2ccnc2C1. The van der Waals surface area contributed by atoms with Crippen molar-refractivity contribution in [1.29, 1.82) is 0 Å². The third-order valence-electron chi connectivity index (χ3n) is 3.81. The summed E-state index contributed by atoms with van der Waals surface area (Å²) < 4.78 is 2.15. The van der Waals surface area contributed by atoms with Crippen LogP contribution in [0.4, 0.5) is 0 Å². The number of imidazole rings is 1. The third kappa shape index (κ3) is 3.45. The Morgan fingerprint density at radius 3 is 3.18 bits per heavy atom. The fraction of sp³-hybridized carbons (Fsp3) is 0.375. The van der Waals surface area contributed by atoms with Gasteiger partial charge in [0.1, 0.15) is 5.82 Å². The number of rotatable bonds is 6. The predicted molar refractivity (Wildman–Crippen MR) is 87.4 cm³/mol. The van der Waals surface area contributed by atoms with Gasteiger partial charge in [-0.1, -0.05) is 12.1 Å². The highest BCUT2D eigenvalue weighted by Gasteiger charge is 2.21. The summed E-state index contributed by atoms with van der Waals surface area (Å²) >= 11 is 1.68. The van der Waals surface area contributed by atoms with Gasteiger partial charge in [0, 0.05) is 36.9 Å². The van der Waals surface area contributed by atoms with Crippen LogP contribution in [0.2, 0.25) is 0 Å². The van der Waals surface area contributed by atoms with Crippen molar-refractivity contribution in [3.8, 4) is 0 Å². The van der Waals surface area contributed by atoms with Crippen LogP contribution in [0, 0.1) is 0 Å². The number of hydrogen-bond acceptors (Lipinski definition) is 4. The van der Waals surface area contributed by atoms with Gasteiger partial charge in [0.15, 0.2) is 0 Å². The number of aromatic nitrogens is 2. The zero-order valence-electron chi connectivity index (χ0n) is 12.5. The maximum absolute atomic E-state index is 12.6. The first-order chi connectivity index (χ1) is 10.8. The average Bonchev–Trinajstić information content (AvgIpc) is 3.17. The van der Waals surface area contributed by atoms with E-state index < -0.39 is 0 Å². The third-order valence-corrected chi connectivity index (χ3v) is 4.67. The second-order valence-corrected chi connectivity index (χ2v) is 6.42. The largest absolute Gasteiger partial charge is 0.333 e. The highest BCUT2D eigenvalue weighted by Crippen LogP contribution is 2.14. The van der Waals surface area contributed by atoms with Crippen molar-refractivity contribution in [2.75, 3.05) is 19.6 Å². The lowest BCUT2D eigenvalue weighted by molar-refractivity contribution is -0.132. The van der Waals surface area contributed by atoms with Crippen LogP contribution in [0.3, 0.4) is 0 Å². The molecule has 0 N–H and O–H groups in total. The summed E-state index contributed by atoms with van der Waals surface area (Å²) in [7, 11) is 0. The fourth-order valence-electron chi connectivity index (χ4n) is 2.65. The van der Waals surface area contributed by atoms with Gasteiger partial charge < -0.3 is 9.47 Å².